The van der Waals surface area contributed by atoms with Gasteiger partial charge in [-0.15, -0.1) is 0 Å². The van der Waals surface area contributed by atoms with Crippen LogP contribution in [0.4, 0.5) is 4.79 Å². The van der Waals surface area contributed by atoms with Crippen molar-refractivity contribution in [2.45, 2.75) is 129 Å². The van der Waals surface area contributed by atoms with E-state index in [1.54, 1.807) is 0 Å². The molecule has 6 N–H and O–H groups in total. The average molecular weight is 639 g/mol. The molecule has 2 rings (SSSR count). The summed E-state index contributed by atoms with van der Waals surface area (Å²) in [5, 5.41) is 12.3. The van der Waals surface area contributed by atoms with Crippen molar-refractivity contribution >= 4 is 42.2 Å². The minimum absolute atomic E-state index is 0.0990. The zero-order chi connectivity index (χ0) is 32.9. The summed E-state index contributed by atoms with van der Waals surface area (Å²) in [5.74, 6) is -1.29. The summed E-state index contributed by atoms with van der Waals surface area (Å²) in [5.41, 5.74) is 4.61. The number of nitrogens with two attached hydrogens (primary N) is 1. The van der Waals surface area contributed by atoms with E-state index in [0.717, 1.165) is 63.7 Å². The summed E-state index contributed by atoms with van der Waals surface area (Å²) in [7, 11) is 0. The van der Waals surface area contributed by atoms with E-state index in [2.05, 4.69) is 47.7 Å². The fourth-order valence-electron chi connectivity index (χ4n) is 6.06. The Bertz CT molecular complexity index is 963. The number of carbonyl (C=O) groups excluding carboxylic acids is 5. The summed E-state index contributed by atoms with van der Waals surface area (Å²) in [6.07, 6.45) is 9.33. The largest absolute Gasteiger partial charge is 0.363 e. The molecule has 1 saturated carbocycles. The normalized spacial score (nSPS) is 18.9. The molecule has 0 bridgehead atoms. The smallest absolute Gasteiger partial charge is 0.315 e. The summed E-state index contributed by atoms with van der Waals surface area (Å²) < 4.78 is 0. The quantitative estimate of drug-likeness (QED) is 0.0683. The van der Waals surface area contributed by atoms with E-state index in [0.29, 0.717) is 38.3 Å². The van der Waals surface area contributed by atoms with Gasteiger partial charge in [0.15, 0.2) is 0 Å². The minimum atomic E-state index is -1.08. The minimum Gasteiger partial charge on any atom is -0.363 e. The second kappa shape index (κ2) is 18.6. The number of thiol groups is 1. The lowest BCUT2D eigenvalue weighted by atomic mass is 9.85. The Morgan fingerprint density at radius 2 is 1.61 bits per heavy atom. The molecule has 4 atom stereocenters. The second-order valence-electron chi connectivity index (χ2n) is 13.7. The first-order valence-corrected chi connectivity index (χ1v) is 17.3. The molecule has 4 unspecified atom stereocenters. The van der Waals surface area contributed by atoms with Crippen molar-refractivity contribution in [3.63, 3.8) is 0 Å². The molecule has 1 aliphatic carbocycles. The van der Waals surface area contributed by atoms with Gasteiger partial charge in [0.25, 0.3) is 5.91 Å². The van der Waals surface area contributed by atoms with Crippen LogP contribution in [0, 0.1) is 17.3 Å². The van der Waals surface area contributed by atoms with Gasteiger partial charge in [0.1, 0.15) is 12.1 Å². The monoisotopic (exact) mass is 638 g/mol. The standard InChI is InChI=1S/C32H58N6O5S/c1-6-11-22(12-7-2)24(20-34-16-8-9-18-44)36-31(43)37-27(32(3,4)5)30(42)38-17-10-13-25(38)29(41)35-23(19-21-14-15-21)26(39)28(33)40/h21-25,27,34,44H,6-20H2,1-5H3,(H2,33,40)(H,35,41)(H2,36,37,43). The molecule has 0 aromatic heterocycles. The number of Topliss-reactive ketones (excluding diaryl/α,β-unsaturated/α-hetero) is 1. The van der Waals surface area contributed by atoms with Gasteiger partial charge >= 0.3 is 6.03 Å². The molecule has 1 aliphatic heterocycles. The third-order valence-corrected chi connectivity index (χ3v) is 9.02. The van der Waals surface area contributed by atoms with Crippen LogP contribution in [0.1, 0.15) is 105 Å². The zero-order valence-corrected chi connectivity index (χ0v) is 28.5. The first-order chi connectivity index (χ1) is 20.8. The number of nitrogens with one attached hydrogen (secondary N) is 4. The van der Waals surface area contributed by atoms with Crippen LogP contribution in [-0.2, 0) is 19.2 Å². The molecule has 1 heterocycles. The third kappa shape index (κ3) is 12.2. The van der Waals surface area contributed by atoms with E-state index in [1.807, 2.05) is 20.8 Å². The van der Waals surface area contributed by atoms with Gasteiger partial charge in [-0.05, 0) is 74.5 Å². The number of likely N-dealkylation sites (tertiary alicyclic amines) is 1. The van der Waals surface area contributed by atoms with Gasteiger partial charge in [0.2, 0.25) is 17.6 Å². The van der Waals surface area contributed by atoms with Crippen LogP contribution in [0.3, 0.4) is 0 Å². The Kier molecular flexibility index (Phi) is 16.0. The van der Waals surface area contributed by atoms with Crippen LogP contribution in [0.5, 0.6) is 0 Å². The maximum atomic E-state index is 14.0. The summed E-state index contributed by atoms with van der Waals surface area (Å²) >= 11 is 4.28. The van der Waals surface area contributed by atoms with E-state index < -0.39 is 47.2 Å². The lowest BCUT2D eigenvalue weighted by molar-refractivity contribution is -0.143. The summed E-state index contributed by atoms with van der Waals surface area (Å²) in [4.78, 5) is 66.4. The van der Waals surface area contributed by atoms with Crippen LogP contribution in [0.2, 0.25) is 0 Å². The van der Waals surface area contributed by atoms with Gasteiger partial charge in [-0.1, -0.05) is 60.3 Å². The van der Waals surface area contributed by atoms with Crippen molar-refractivity contribution in [1.82, 2.24) is 26.2 Å². The van der Waals surface area contributed by atoms with Crippen molar-refractivity contribution < 1.29 is 24.0 Å². The van der Waals surface area contributed by atoms with Gasteiger partial charge in [0, 0.05) is 19.1 Å². The number of carbonyl (C=O) groups is 5. The van der Waals surface area contributed by atoms with E-state index in [9.17, 15) is 24.0 Å². The number of ketones is 1. The second-order valence-corrected chi connectivity index (χ2v) is 14.1. The van der Waals surface area contributed by atoms with Gasteiger partial charge in [0.05, 0.1) is 6.04 Å². The van der Waals surface area contributed by atoms with Crippen LogP contribution in [0.15, 0.2) is 0 Å². The number of amides is 5. The van der Waals surface area contributed by atoms with Gasteiger partial charge in [-0.25, -0.2) is 4.79 Å². The maximum absolute atomic E-state index is 14.0. The van der Waals surface area contributed by atoms with Gasteiger partial charge in [-0.2, -0.15) is 12.6 Å². The fraction of sp³-hybridized carbons (Fsp3) is 0.844. The van der Waals surface area contributed by atoms with E-state index >= 15 is 0 Å². The molecule has 2 aliphatic rings. The number of rotatable bonds is 20. The number of primary amides is 1. The summed E-state index contributed by atoms with van der Waals surface area (Å²) in [6.45, 7) is 11.8. The fourth-order valence-corrected chi connectivity index (χ4v) is 6.28. The van der Waals surface area contributed by atoms with Crippen molar-refractivity contribution in [3.05, 3.63) is 0 Å². The molecule has 2 fully saturated rings. The molecule has 11 nitrogen and oxygen atoms in total. The molecule has 5 amide bonds. The first-order valence-electron chi connectivity index (χ1n) is 16.7. The molecule has 0 radical (unpaired) electrons. The van der Waals surface area contributed by atoms with Crippen molar-refractivity contribution in [2.75, 3.05) is 25.4 Å². The number of hydrogen-bond donors (Lipinski definition) is 6. The van der Waals surface area contributed by atoms with E-state index in [4.69, 9.17) is 5.73 Å². The highest BCUT2D eigenvalue weighted by atomic mass is 32.1. The molecule has 44 heavy (non-hydrogen) atoms. The van der Waals surface area contributed by atoms with Gasteiger partial charge < -0.3 is 31.9 Å². The average Bonchev–Trinajstić information content (AvgIpc) is 3.64. The molecule has 0 aromatic rings. The van der Waals surface area contributed by atoms with Gasteiger partial charge in [-0.3, -0.25) is 19.2 Å². The topological polar surface area (TPSA) is 163 Å². The number of hydrogen-bond acceptors (Lipinski definition) is 7. The molecular formula is C32H58N6O5S. The Hall–Kier alpha value is -2.34. The molecule has 252 valence electrons. The Labute approximate surface area is 269 Å². The number of unbranched alkanes of at least 4 members (excludes halogenated alkanes) is 1. The maximum Gasteiger partial charge on any atom is 0.315 e. The SMILES string of the molecule is CCCC(CCC)C(CNCCCCS)NC(=O)NC(C(=O)N1CCCC1C(=O)NC(CC1CC1)C(=O)C(N)=O)C(C)(C)C. The Morgan fingerprint density at radius 1 is 0.955 bits per heavy atom. The van der Waals surface area contributed by atoms with E-state index in [-0.39, 0.29) is 17.9 Å². The molecule has 0 spiro atoms. The molecule has 0 aromatic carbocycles. The highest BCUT2D eigenvalue weighted by Crippen LogP contribution is 2.34. The highest BCUT2D eigenvalue weighted by molar-refractivity contribution is 7.80. The lowest BCUT2D eigenvalue weighted by Gasteiger charge is -2.36. The third-order valence-electron chi connectivity index (χ3n) is 8.70. The van der Waals surface area contributed by atoms with E-state index in [1.165, 1.54) is 4.90 Å². The number of urea groups is 1. The van der Waals surface area contributed by atoms with Crippen LogP contribution in [-0.4, -0.2) is 84.0 Å². The molecule has 12 heteroatoms. The zero-order valence-electron chi connectivity index (χ0n) is 27.6. The predicted octanol–water partition coefficient (Wildman–Crippen LogP) is 2.92. The van der Waals surface area contributed by atoms with Crippen molar-refractivity contribution in [2.24, 2.45) is 23.0 Å². The highest BCUT2D eigenvalue weighted by Gasteiger charge is 2.43. The van der Waals surface area contributed by atoms with Crippen molar-refractivity contribution in [3.8, 4) is 0 Å². The Balaban J connectivity index is 2.15. The lowest BCUT2D eigenvalue weighted by Crippen LogP contribution is -2.61. The Morgan fingerprint density at radius 3 is 2.16 bits per heavy atom. The molecule has 1 saturated heterocycles. The van der Waals surface area contributed by atoms with Crippen LogP contribution >= 0.6 is 12.6 Å². The summed E-state index contributed by atoms with van der Waals surface area (Å²) in [6, 6.07) is -3.18. The van der Waals surface area contributed by atoms with Crippen molar-refractivity contribution in [1.29, 1.82) is 0 Å². The van der Waals surface area contributed by atoms with Crippen LogP contribution in [0.25, 0.3) is 0 Å². The predicted molar refractivity (Wildman–Crippen MR) is 176 cm³/mol. The van der Waals surface area contributed by atoms with Crippen LogP contribution < -0.4 is 27.0 Å². The first kappa shape index (κ1) is 37.8. The number of nitrogens with zero attached hydrogens (tertiary/aromatic N) is 1. The molecular weight excluding hydrogens is 580 g/mol.